The first-order valence-electron chi connectivity index (χ1n) is 3.74. The van der Waals surface area contributed by atoms with Gasteiger partial charge in [0.15, 0.2) is 17.5 Å². The van der Waals surface area contributed by atoms with Gasteiger partial charge in [0.25, 0.3) is 0 Å². The van der Waals surface area contributed by atoms with Gasteiger partial charge in [-0.3, -0.25) is 9.59 Å². The molecule has 0 aromatic carbocycles. The first-order valence-corrected chi connectivity index (χ1v) is 3.74. The summed E-state index contributed by atoms with van der Waals surface area (Å²) in [4.78, 5) is 21.6. The van der Waals surface area contributed by atoms with Gasteiger partial charge in [-0.2, -0.15) is 0 Å². The van der Waals surface area contributed by atoms with Crippen molar-refractivity contribution in [2.75, 3.05) is 6.61 Å². The van der Waals surface area contributed by atoms with Crippen molar-refractivity contribution in [1.82, 2.24) is 0 Å². The molecule has 0 saturated heterocycles. The van der Waals surface area contributed by atoms with Gasteiger partial charge in [0.1, 0.15) is 0 Å². The number of hydrogen-bond donors (Lipinski definition) is 2. The fourth-order valence-corrected chi connectivity index (χ4v) is 1.10. The fraction of sp³-hybridized carbons (Fsp3) is 0.500. The summed E-state index contributed by atoms with van der Waals surface area (Å²) in [6.45, 7) is 0.394. The Morgan fingerprint density at radius 3 is 2.85 bits per heavy atom. The highest BCUT2D eigenvalue weighted by atomic mass is 16.6. The number of ether oxygens (including phenoxy) is 1. The van der Waals surface area contributed by atoms with Crippen LogP contribution in [0.15, 0.2) is 12.2 Å². The number of rotatable bonds is 2. The predicted octanol–water partition coefficient (Wildman–Crippen LogP) is -1.22. The van der Waals surface area contributed by atoms with E-state index in [0.29, 0.717) is 0 Å². The average Bonchev–Trinajstić information content (AvgIpc) is 2.33. The molecule has 5 nitrogen and oxygen atoms in total. The highest BCUT2D eigenvalue weighted by Gasteiger charge is 2.47. The normalized spacial score (nSPS) is 32.2. The van der Waals surface area contributed by atoms with E-state index in [-0.39, 0.29) is 0 Å². The van der Waals surface area contributed by atoms with Gasteiger partial charge in [-0.1, -0.05) is 0 Å². The molecule has 0 spiro atoms. The van der Waals surface area contributed by atoms with Crippen LogP contribution in [0.5, 0.6) is 0 Å². The quantitative estimate of drug-likeness (QED) is 0.528. The summed E-state index contributed by atoms with van der Waals surface area (Å²) in [5, 5.41) is 18.3. The molecule has 0 aromatic heterocycles. The van der Waals surface area contributed by atoms with E-state index in [1.54, 1.807) is 0 Å². The van der Waals surface area contributed by atoms with E-state index < -0.39 is 30.1 Å². The van der Waals surface area contributed by atoms with Gasteiger partial charge >= 0.3 is 5.97 Å². The SMILES string of the molecule is CC(=O)O[C@H]1C=CC(=O)[C@]1(O)CO. The Bertz CT molecular complexity index is 270. The molecular formula is C8H10O5. The van der Waals surface area contributed by atoms with E-state index in [4.69, 9.17) is 5.11 Å². The Labute approximate surface area is 74.6 Å². The summed E-state index contributed by atoms with van der Waals surface area (Å²) in [6.07, 6.45) is 1.26. The van der Waals surface area contributed by atoms with E-state index >= 15 is 0 Å². The molecule has 13 heavy (non-hydrogen) atoms. The number of carbonyl (C=O) groups excluding carboxylic acids is 2. The second-order valence-electron chi connectivity index (χ2n) is 2.84. The number of aliphatic hydroxyl groups is 2. The zero-order valence-corrected chi connectivity index (χ0v) is 7.06. The number of aliphatic hydroxyl groups excluding tert-OH is 1. The largest absolute Gasteiger partial charge is 0.455 e. The lowest BCUT2D eigenvalue weighted by atomic mass is 9.99. The fourth-order valence-electron chi connectivity index (χ4n) is 1.10. The number of hydrogen-bond acceptors (Lipinski definition) is 5. The van der Waals surface area contributed by atoms with Gasteiger partial charge in [0.2, 0.25) is 0 Å². The minimum absolute atomic E-state index is 0.615. The Morgan fingerprint density at radius 2 is 2.38 bits per heavy atom. The smallest absolute Gasteiger partial charge is 0.303 e. The summed E-state index contributed by atoms with van der Waals surface area (Å²) in [5.74, 6) is -1.27. The second kappa shape index (κ2) is 3.27. The van der Waals surface area contributed by atoms with Crippen LogP contribution in [0, 0.1) is 0 Å². The second-order valence-corrected chi connectivity index (χ2v) is 2.84. The first-order chi connectivity index (χ1) is 6.00. The third-order valence-electron chi connectivity index (χ3n) is 1.85. The van der Waals surface area contributed by atoms with Crippen LogP contribution in [-0.2, 0) is 14.3 Å². The van der Waals surface area contributed by atoms with Crippen LogP contribution in [0.3, 0.4) is 0 Å². The number of carbonyl (C=O) groups is 2. The zero-order chi connectivity index (χ0) is 10.1. The van der Waals surface area contributed by atoms with Crippen molar-refractivity contribution in [3.63, 3.8) is 0 Å². The van der Waals surface area contributed by atoms with Gasteiger partial charge in [-0.25, -0.2) is 0 Å². The molecule has 1 aliphatic carbocycles. The van der Waals surface area contributed by atoms with Crippen LogP contribution < -0.4 is 0 Å². The van der Waals surface area contributed by atoms with Crippen molar-refractivity contribution < 1.29 is 24.5 Å². The third kappa shape index (κ3) is 1.61. The van der Waals surface area contributed by atoms with Gasteiger partial charge in [-0.05, 0) is 12.2 Å². The van der Waals surface area contributed by atoms with Crippen LogP contribution in [0.1, 0.15) is 6.92 Å². The van der Waals surface area contributed by atoms with Crippen molar-refractivity contribution in [1.29, 1.82) is 0 Å². The van der Waals surface area contributed by atoms with Crippen LogP contribution >= 0.6 is 0 Å². The van der Waals surface area contributed by atoms with Crippen molar-refractivity contribution in [2.24, 2.45) is 0 Å². The Balaban J connectivity index is 2.81. The van der Waals surface area contributed by atoms with E-state index in [1.165, 1.54) is 6.08 Å². The van der Waals surface area contributed by atoms with Crippen molar-refractivity contribution >= 4 is 11.8 Å². The van der Waals surface area contributed by atoms with E-state index in [9.17, 15) is 14.7 Å². The van der Waals surface area contributed by atoms with E-state index in [1.807, 2.05) is 0 Å². The van der Waals surface area contributed by atoms with Gasteiger partial charge in [-0.15, -0.1) is 0 Å². The lowest BCUT2D eigenvalue weighted by Gasteiger charge is -2.25. The Morgan fingerprint density at radius 1 is 1.77 bits per heavy atom. The average molecular weight is 186 g/mol. The van der Waals surface area contributed by atoms with E-state index in [0.717, 1.165) is 13.0 Å². The molecule has 72 valence electrons. The number of esters is 1. The summed E-state index contributed by atoms with van der Waals surface area (Å²) in [7, 11) is 0. The predicted molar refractivity (Wildman–Crippen MR) is 41.7 cm³/mol. The number of ketones is 1. The molecule has 0 saturated carbocycles. The maximum Gasteiger partial charge on any atom is 0.303 e. The molecule has 0 heterocycles. The molecule has 1 rings (SSSR count). The van der Waals surface area contributed by atoms with Gasteiger partial charge < -0.3 is 14.9 Å². The topological polar surface area (TPSA) is 83.8 Å². The highest BCUT2D eigenvalue weighted by Crippen LogP contribution is 2.23. The first kappa shape index (κ1) is 9.88. The molecular weight excluding hydrogens is 176 g/mol. The van der Waals surface area contributed by atoms with Crippen molar-refractivity contribution in [3.05, 3.63) is 12.2 Å². The van der Waals surface area contributed by atoms with Crippen LogP contribution in [0.4, 0.5) is 0 Å². The molecule has 0 radical (unpaired) electrons. The molecule has 1 aliphatic rings. The standard InChI is InChI=1S/C8H10O5/c1-5(10)13-7-3-2-6(11)8(7,12)4-9/h2-3,7,9,12H,4H2,1H3/t7-,8+/m0/s1. The molecule has 2 atom stereocenters. The maximum atomic E-state index is 11.0. The lowest BCUT2D eigenvalue weighted by Crippen LogP contribution is -2.49. The van der Waals surface area contributed by atoms with Gasteiger partial charge in [0.05, 0.1) is 6.61 Å². The molecule has 0 fully saturated rings. The molecule has 0 aromatic rings. The van der Waals surface area contributed by atoms with Crippen LogP contribution in [-0.4, -0.2) is 40.3 Å². The zero-order valence-electron chi connectivity index (χ0n) is 7.06. The minimum atomic E-state index is -1.99. The molecule has 0 aliphatic heterocycles. The van der Waals surface area contributed by atoms with Crippen LogP contribution in [0.2, 0.25) is 0 Å². The summed E-state index contributed by atoms with van der Waals surface area (Å²) in [6, 6.07) is 0. The monoisotopic (exact) mass is 186 g/mol. The molecule has 0 unspecified atom stereocenters. The van der Waals surface area contributed by atoms with Crippen LogP contribution in [0.25, 0.3) is 0 Å². The summed E-state index contributed by atoms with van der Waals surface area (Å²) in [5.41, 5.74) is -1.99. The Hall–Kier alpha value is -1.20. The summed E-state index contributed by atoms with van der Waals surface area (Å²) < 4.78 is 4.63. The maximum absolute atomic E-state index is 11.0. The molecule has 2 N–H and O–H groups in total. The third-order valence-corrected chi connectivity index (χ3v) is 1.85. The molecule has 5 heteroatoms. The lowest BCUT2D eigenvalue weighted by molar-refractivity contribution is -0.164. The van der Waals surface area contributed by atoms with Gasteiger partial charge in [0, 0.05) is 6.92 Å². The molecule has 0 amide bonds. The highest BCUT2D eigenvalue weighted by molar-refractivity contribution is 6.00. The van der Waals surface area contributed by atoms with E-state index in [2.05, 4.69) is 4.74 Å². The molecule has 0 bridgehead atoms. The Kier molecular flexibility index (Phi) is 2.49. The van der Waals surface area contributed by atoms with Crippen molar-refractivity contribution in [3.8, 4) is 0 Å². The summed E-state index contributed by atoms with van der Waals surface area (Å²) >= 11 is 0. The van der Waals surface area contributed by atoms with Crippen molar-refractivity contribution in [2.45, 2.75) is 18.6 Å². The minimum Gasteiger partial charge on any atom is -0.455 e.